The molecule has 0 amide bonds. The molecule has 2 nitrogen and oxygen atoms in total. The molecular weight excluding hydrogens is 356 g/mol. The predicted octanol–water partition coefficient (Wildman–Crippen LogP) is 6.04. The van der Waals surface area contributed by atoms with Gasteiger partial charge >= 0.3 is 5.97 Å². The largest absolute Gasteiger partial charge is 0.426 e. The minimum absolute atomic E-state index is 0.0647. The number of hydrogen-bond donors (Lipinski definition) is 0. The van der Waals surface area contributed by atoms with E-state index in [2.05, 4.69) is 48.5 Å². The molecule has 4 aromatic carbocycles. The second-order valence-corrected chi connectivity index (χ2v) is 8.03. The normalized spacial score (nSPS) is 21.4. The highest BCUT2D eigenvalue weighted by Gasteiger charge is 2.46. The SMILES string of the molecule is O=C(Oc1cccc2ccccc12)C1CC2c3ccccc3C1c1ccccc12. The summed E-state index contributed by atoms with van der Waals surface area (Å²) in [7, 11) is 0. The highest BCUT2D eigenvalue weighted by atomic mass is 16.5. The van der Waals surface area contributed by atoms with Crippen molar-refractivity contribution in [3.05, 3.63) is 113 Å². The maximum atomic E-state index is 13.4. The molecule has 0 aromatic heterocycles. The van der Waals surface area contributed by atoms with Gasteiger partial charge in [0.1, 0.15) is 5.75 Å². The van der Waals surface area contributed by atoms with Gasteiger partial charge in [-0.1, -0.05) is 84.9 Å². The van der Waals surface area contributed by atoms with Crippen LogP contribution in [0.1, 0.15) is 40.5 Å². The van der Waals surface area contributed by atoms with E-state index in [9.17, 15) is 4.79 Å². The quantitative estimate of drug-likeness (QED) is 0.315. The van der Waals surface area contributed by atoms with E-state index < -0.39 is 0 Å². The summed E-state index contributed by atoms with van der Waals surface area (Å²) in [5.41, 5.74) is 5.29. The molecule has 0 heterocycles. The molecule has 140 valence electrons. The van der Waals surface area contributed by atoms with Crippen molar-refractivity contribution < 1.29 is 9.53 Å². The molecule has 0 saturated carbocycles. The molecule has 1 atom stereocenters. The van der Waals surface area contributed by atoms with Crippen molar-refractivity contribution in [3.8, 4) is 5.75 Å². The van der Waals surface area contributed by atoms with Crippen LogP contribution in [0, 0.1) is 5.92 Å². The van der Waals surface area contributed by atoms with Gasteiger partial charge < -0.3 is 4.74 Å². The van der Waals surface area contributed by atoms with Crippen molar-refractivity contribution in [2.24, 2.45) is 5.92 Å². The number of rotatable bonds is 2. The summed E-state index contributed by atoms with van der Waals surface area (Å²) in [6, 6.07) is 31.1. The Morgan fingerprint density at radius 3 is 2.00 bits per heavy atom. The van der Waals surface area contributed by atoms with Crippen LogP contribution in [-0.2, 0) is 4.79 Å². The number of fused-ring (bicyclic) bond motifs is 2. The monoisotopic (exact) mass is 376 g/mol. The lowest BCUT2D eigenvalue weighted by Gasteiger charge is -2.44. The van der Waals surface area contributed by atoms with Crippen molar-refractivity contribution in [2.45, 2.75) is 18.3 Å². The minimum Gasteiger partial charge on any atom is -0.426 e. The Morgan fingerprint density at radius 1 is 0.690 bits per heavy atom. The van der Waals surface area contributed by atoms with E-state index in [4.69, 9.17) is 4.74 Å². The lowest BCUT2D eigenvalue weighted by molar-refractivity contribution is -0.140. The van der Waals surface area contributed by atoms with E-state index in [1.807, 2.05) is 42.5 Å². The molecule has 0 aliphatic heterocycles. The second-order valence-electron chi connectivity index (χ2n) is 8.03. The summed E-state index contributed by atoms with van der Waals surface area (Å²) in [5, 5.41) is 2.06. The van der Waals surface area contributed by atoms with E-state index in [1.54, 1.807) is 0 Å². The second kappa shape index (κ2) is 6.31. The van der Waals surface area contributed by atoms with Gasteiger partial charge in [-0.2, -0.15) is 0 Å². The van der Waals surface area contributed by atoms with Gasteiger partial charge in [0, 0.05) is 17.2 Å². The van der Waals surface area contributed by atoms with Crippen molar-refractivity contribution >= 4 is 16.7 Å². The zero-order valence-corrected chi connectivity index (χ0v) is 15.9. The van der Waals surface area contributed by atoms with Crippen molar-refractivity contribution in [1.82, 2.24) is 0 Å². The van der Waals surface area contributed by atoms with Gasteiger partial charge in [0.15, 0.2) is 0 Å². The maximum absolute atomic E-state index is 13.4. The molecular formula is C27H20O2. The van der Waals surface area contributed by atoms with Crippen LogP contribution in [0.5, 0.6) is 5.75 Å². The first kappa shape index (κ1) is 16.6. The molecule has 3 aliphatic carbocycles. The average molecular weight is 376 g/mol. The van der Waals surface area contributed by atoms with Crippen LogP contribution in [0.15, 0.2) is 91.0 Å². The summed E-state index contributed by atoms with van der Waals surface area (Å²) in [4.78, 5) is 13.4. The van der Waals surface area contributed by atoms with Gasteiger partial charge in [-0.15, -0.1) is 0 Å². The standard InChI is InChI=1S/C27H20O2/c28-27(29-25-15-7-9-17-8-1-2-10-18(17)25)24-16-23-19-11-3-5-13-21(19)26(24)22-14-6-4-12-20(22)23/h1-15,23-24,26H,16H2. The molecule has 0 N–H and O–H groups in total. The molecule has 1 unspecified atom stereocenters. The van der Waals surface area contributed by atoms with Gasteiger partial charge in [-0.05, 0) is 40.1 Å². The van der Waals surface area contributed by atoms with Crippen LogP contribution in [0.25, 0.3) is 10.8 Å². The number of hydrogen-bond acceptors (Lipinski definition) is 2. The number of carbonyl (C=O) groups is 1. The smallest absolute Gasteiger partial charge is 0.315 e. The summed E-state index contributed by atoms with van der Waals surface area (Å²) in [6.45, 7) is 0. The number of esters is 1. The zero-order chi connectivity index (χ0) is 19.4. The summed E-state index contributed by atoms with van der Waals surface area (Å²) in [6.07, 6.45) is 0.808. The lowest BCUT2D eigenvalue weighted by Crippen LogP contribution is -2.38. The van der Waals surface area contributed by atoms with Crippen LogP contribution in [-0.4, -0.2) is 5.97 Å². The molecule has 0 fully saturated rings. The summed E-state index contributed by atoms with van der Waals surface area (Å²) >= 11 is 0. The third kappa shape index (κ3) is 2.45. The van der Waals surface area contributed by atoms with Crippen LogP contribution in [0.2, 0.25) is 0 Å². The number of carbonyl (C=O) groups excluding carboxylic acids is 1. The van der Waals surface area contributed by atoms with Crippen LogP contribution >= 0.6 is 0 Å². The Kier molecular flexibility index (Phi) is 3.60. The fraction of sp³-hybridized carbons (Fsp3) is 0.148. The molecule has 0 spiro atoms. The van der Waals surface area contributed by atoms with Gasteiger partial charge in [-0.25, -0.2) is 0 Å². The average Bonchev–Trinajstić information content (AvgIpc) is 2.79. The van der Waals surface area contributed by atoms with E-state index in [0.29, 0.717) is 5.75 Å². The zero-order valence-electron chi connectivity index (χ0n) is 15.9. The summed E-state index contributed by atoms with van der Waals surface area (Å²) in [5.74, 6) is 0.688. The van der Waals surface area contributed by atoms with E-state index in [-0.39, 0.29) is 23.7 Å². The molecule has 0 radical (unpaired) electrons. The van der Waals surface area contributed by atoms with Crippen molar-refractivity contribution in [1.29, 1.82) is 0 Å². The molecule has 2 heteroatoms. The van der Waals surface area contributed by atoms with E-state index in [1.165, 1.54) is 22.3 Å². The topological polar surface area (TPSA) is 26.3 Å². The maximum Gasteiger partial charge on any atom is 0.315 e. The third-order valence-corrected chi connectivity index (χ3v) is 6.57. The first-order chi connectivity index (χ1) is 14.3. The molecule has 7 rings (SSSR count). The van der Waals surface area contributed by atoms with Crippen molar-refractivity contribution in [2.75, 3.05) is 0 Å². The molecule has 0 saturated heterocycles. The Hall–Kier alpha value is -3.39. The molecule has 4 aromatic rings. The Morgan fingerprint density at radius 2 is 1.28 bits per heavy atom. The predicted molar refractivity (Wildman–Crippen MR) is 114 cm³/mol. The summed E-state index contributed by atoms with van der Waals surface area (Å²) < 4.78 is 6.01. The number of ether oxygens (including phenoxy) is 1. The van der Waals surface area contributed by atoms with Crippen LogP contribution < -0.4 is 4.74 Å². The Labute approximate surface area is 169 Å². The van der Waals surface area contributed by atoms with Gasteiger partial charge in [0.25, 0.3) is 0 Å². The highest BCUT2D eigenvalue weighted by Crippen LogP contribution is 2.55. The Balaban J connectivity index is 1.42. The lowest BCUT2D eigenvalue weighted by atomic mass is 9.59. The first-order valence-electron chi connectivity index (χ1n) is 10.2. The number of benzene rings is 4. The van der Waals surface area contributed by atoms with Crippen LogP contribution in [0.3, 0.4) is 0 Å². The fourth-order valence-corrected chi connectivity index (χ4v) is 5.34. The molecule has 29 heavy (non-hydrogen) atoms. The van der Waals surface area contributed by atoms with Crippen molar-refractivity contribution in [3.63, 3.8) is 0 Å². The van der Waals surface area contributed by atoms with E-state index in [0.717, 1.165) is 17.2 Å². The minimum atomic E-state index is -0.163. The van der Waals surface area contributed by atoms with Crippen LogP contribution in [0.4, 0.5) is 0 Å². The molecule has 2 bridgehead atoms. The van der Waals surface area contributed by atoms with Gasteiger partial charge in [0.05, 0.1) is 5.92 Å². The Bertz CT molecular complexity index is 1200. The first-order valence-corrected chi connectivity index (χ1v) is 10.2. The highest BCUT2D eigenvalue weighted by molar-refractivity contribution is 5.91. The molecule has 3 aliphatic rings. The van der Waals surface area contributed by atoms with E-state index >= 15 is 0 Å². The van der Waals surface area contributed by atoms with Gasteiger partial charge in [0.2, 0.25) is 0 Å². The fourth-order valence-electron chi connectivity index (χ4n) is 5.34. The van der Waals surface area contributed by atoms with Gasteiger partial charge in [-0.3, -0.25) is 4.79 Å². The third-order valence-electron chi connectivity index (χ3n) is 6.57.